The number of benzene rings is 1. The van der Waals surface area contributed by atoms with Crippen molar-refractivity contribution in [1.82, 2.24) is 19.5 Å². The van der Waals surface area contributed by atoms with Crippen LogP contribution in [0.25, 0.3) is 11.4 Å². The topological polar surface area (TPSA) is 46.5 Å². The van der Waals surface area contributed by atoms with E-state index in [1.54, 1.807) is 6.20 Å². The minimum absolute atomic E-state index is 0.0313. The molecule has 4 nitrogen and oxygen atoms in total. The zero-order chi connectivity index (χ0) is 17.3. The van der Waals surface area contributed by atoms with Gasteiger partial charge < -0.3 is 9.55 Å². The summed E-state index contributed by atoms with van der Waals surface area (Å²) in [6, 6.07) is 7.59. The number of rotatable bonds is 4. The molecule has 0 radical (unpaired) electrons. The summed E-state index contributed by atoms with van der Waals surface area (Å²) in [6.45, 7) is 3.97. The van der Waals surface area contributed by atoms with E-state index in [1.807, 2.05) is 37.4 Å². The highest BCUT2D eigenvalue weighted by molar-refractivity contribution is 7.71. The molecule has 0 bridgehead atoms. The number of aryl methyl sites for hydroxylation is 1. The standard InChI is InChI=1S/C17H16Cl2N4S/c1-3-15(11-4-5-12(18)13(19)8-11)23-16(9-21-17(23)24)14-6-7-20-10(2)22-14/h4-9,15H,3H2,1-2H3,(H,21,24). The molecule has 24 heavy (non-hydrogen) atoms. The first-order valence-corrected chi connectivity index (χ1v) is 8.72. The number of aromatic nitrogens is 4. The van der Waals surface area contributed by atoms with E-state index in [0.717, 1.165) is 23.4 Å². The Balaban J connectivity index is 2.15. The van der Waals surface area contributed by atoms with E-state index in [1.165, 1.54) is 0 Å². The summed E-state index contributed by atoms with van der Waals surface area (Å²) in [6.07, 6.45) is 4.48. The van der Waals surface area contributed by atoms with E-state index in [0.29, 0.717) is 20.6 Å². The number of hydrogen-bond donors (Lipinski definition) is 1. The molecule has 0 saturated heterocycles. The average Bonchev–Trinajstić information content (AvgIpc) is 2.93. The van der Waals surface area contributed by atoms with Crippen LogP contribution in [0, 0.1) is 11.7 Å². The Hall–Kier alpha value is -1.69. The molecule has 124 valence electrons. The molecule has 0 saturated carbocycles. The van der Waals surface area contributed by atoms with E-state index in [2.05, 4.69) is 26.4 Å². The van der Waals surface area contributed by atoms with Gasteiger partial charge in [-0.15, -0.1) is 0 Å². The molecule has 3 rings (SSSR count). The van der Waals surface area contributed by atoms with Gasteiger partial charge >= 0.3 is 0 Å². The monoisotopic (exact) mass is 378 g/mol. The molecule has 2 aromatic heterocycles. The second kappa shape index (κ2) is 7.05. The van der Waals surface area contributed by atoms with Gasteiger partial charge in [0.2, 0.25) is 0 Å². The summed E-state index contributed by atoms with van der Waals surface area (Å²) in [4.78, 5) is 11.8. The van der Waals surface area contributed by atoms with Crippen LogP contribution in [0.1, 0.15) is 30.8 Å². The normalized spacial score (nSPS) is 12.3. The third-order valence-corrected chi connectivity index (χ3v) is 4.93. The Kier molecular flexibility index (Phi) is 5.04. The fraction of sp³-hybridized carbons (Fsp3) is 0.235. The molecule has 0 fully saturated rings. The Labute approximate surface area is 155 Å². The van der Waals surface area contributed by atoms with Crippen molar-refractivity contribution >= 4 is 35.4 Å². The number of aromatic amines is 1. The number of H-pyrrole nitrogens is 1. The maximum absolute atomic E-state index is 6.20. The van der Waals surface area contributed by atoms with Gasteiger partial charge in [0, 0.05) is 12.4 Å². The van der Waals surface area contributed by atoms with Crippen LogP contribution in [0.3, 0.4) is 0 Å². The predicted octanol–water partition coefficient (Wildman–Crippen LogP) is 5.62. The predicted molar refractivity (Wildman–Crippen MR) is 100 cm³/mol. The van der Waals surface area contributed by atoms with Crippen molar-refractivity contribution in [2.75, 3.05) is 0 Å². The maximum Gasteiger partial charge on any atom is 0.178 e. The van der Waals surface area contributed by atoms with Gasteiger partial charge in [-0.1, -0.05) is 36.2 Å². The fourth-order valence-corrected chi connectivity index (χ4v) is 3.36. The van der Waals surface area contributed by atoms with Gasteiger partial charge in [-0.05, 0) is 49.3 Å². The van der Waals surface area contributed by atoms with Crippen molar-refractivity contribution in [3.8, 4) is 11.4 Å². The second-order valence-electron chi connectivity index (χ2n) is 5.44. The van der Waals surface area contributed by atoms with Crippen LogP contribution in [0.2, 0.25) is 10.0 Å². The third-order valence-electron chi connectivity index (χ3n) is 3.88. The van der Waals surface area contributed by atoms with Crippen molar-refractivity contribution in [2.24, 2.45) is 0 Å². The van der Waals surface area contributed by atoms with Crippen LogP contribution in [0.4, 0.5) is 0 Å². The molecule has 0 aliphatic carbocycles. The molecule has 7 heteroatoms. The highest BCUT2D eigenvalue weighted by Gasteiger charge is 2.19. The molecule has 1 unspecified atom stereocenters. The zero-order valence-corrected chi connectivity index (χ0v) is 15.6. The SMILES string of the molecule is CCC(c1ccc(Cl)c(Cl)c1)n1c(-c2ccnc(C)n2)c[nH]c1=S. The molecule has 1 atom stereocenters. The lowest BCUT2D eigenvalue weighted by Crippen LogP contribution is -2.12. The summed E-state index contributed by atoms with van der Waals surface area (Å²) in [5.41, 5.74) is 2.80. The lowest BCUT2D eigenvalue weighted by Gasteiger charge is -2.20. The van der Waals surface area contributed by atoms with E-state index in [9.17, 15) is 0 Å². The van der Waals surface area contributed by atoms with Crippen molar-refractivity contribution in [1.29, 1.82) is 0 Å². The largest absolute Gasteiger partial charge is 0.337 e. The van der Waals surface area contributed by atoms with Crippen LogP contribution < -0.4 is 0 Å². The van der Waals surface area contributed by atoms with Gasteiger partial charge in [0.25, 0.3) is 0 Å². The first-order valence-electron chi connectivity index (χ1n) is 7.56. The molecule has 1 N–H and O–H groups in total. The average molecular weight is 379 g/mol. The first kappa shape index (κ1) is 17.1. The summed E-state index contributed by atoms with van der Waals surface area (Å²) >= 11 is 17.8. The van der Waals surface area contributed by atoms with Crippen LogP contribution in [0.15, 0.2) is 36.7 Å². The van der Waals surface area contributed by atoms with Crippen molar-refractivity contribution < 1.29 is 0 Å². The highest BCUT2D eigenvalue weighted by Crippen LogP contribution is 2.32. The number of hydrogen-bond acceptors (Lipinski definition) is 3. The Morgan fingerprint density at radius 2 is 2.04 bits per heavy atom. The van der Waals surface area contributed by atoms with Gasteiger partial charge in [0.15, 0.2) is 4.77 Å². The molecule has 0 amide bonds. The number of nitrogens with one attached hydrogen (secondary N) is 1. The Morgan fingerprint density at radius 1 is 1.25 bits per heavy atom. The molecule has 0 aliphatic rings. The number of halogens is 2. The summed E-state index contributed by atoms with van der Waals surface area (Å²) < 4.78 is 2.70. The van der Waals surface area contributed by atoms with Crippen molar-refractivity contribution in [3.05, 3.63) is 62.9 Å². The molecule has 0 aliphatic heterocycles. The van der Waals surface area contributed by atoms with Crippen molar-refractivity contribution in [3.63, 3.8) is 0 Å². The van der Waals surface area contributed by atoms with Crippen LogP contribution >= 0.6 is 35.4 Å². The van der Waals surface area contributed by atoms with Crippen LogP contribution in [-0.4, -0.2) is 19.5 Å². The zero-order valence-electron chi connectivity index (χ0n) is 13.3. The summed E-state index contributed by atoms with van der Waals surface area (Å²) in [5, 5.41) is 1.08. The van der Waals surface area contributed by atoms with Gasteiger partial charge in [-0.2, -0.15) is 0 Å². The van der Waals surface area contributed by atoms with E-state index < -0.39 is 0 Å². The quantitative estimate of drug-likeness (QED) is 0.599. The lowest BCUT2D eigenvalue weighted by atomic mass is 10.0. The molecular weight excluding hydrogens is 363 g/mol. The van der Waals surface area contributed by atoms with E-state index >= 15 is 0 Å². The minimum Gasteiger partial charge on any atom is -0.337 e. The number of imidazole rings is 1. The van der Waals surface area contributed by atoms with Crippen LogP contribution in [0.5, 0.6) is 0 Å². The molecule has 3 aromatic rings. The Bertz CT molecular complexity index is 932. The van der Waals surface area contributed by atoms with E-state index in [4.69, 9.17) is 35.4 Å². The fourth-order valence-electron chi connectivity index (χ4n) is 2.77. The van der Waals surface area contributed by atoms with Crippen LogP contribution in [-0.2, 0) is 0 Å². The summed E-state index contributed by atoms with van der Waals surface area (Å²) in [5.74, 6) is 0.716. The van der Waals surface area contributed by atoms with Gasteiger partial charge in [-0.25, -0.2) is 9.97 Å². The Morgan fingerprint density at radius 3 is 2.71 bits per heavy atom. The molecule has 2 heterocycles. The highest BCUT2D eigenvalue weighted by atomic mass is 35.5. The smallest absolute Gasteiger partial charge is 0.178 e. The molecule has 1 aromatic carbocycles. The van der Waals surface area contributed by atoms with Gasteiger partial charge in [0.05, 0.1) is 27.5 Å². The third kappa shape index (κ3) is 3.24. The molecule has 0 spiro atoms. The van der Waals surface area contributed by atoms with Crippen molar-refractivity contribution in [2.45, 2.75) is 26.3 Å². The first-order chi connectivity index (χ1) is 11.5. The summed E-state index contributed by atoms with van der Waals surface area (Å²) in [7, 11) is 0. The van der Waals surface area contributed by atoms with Gasteiger partial charge in [-0.3, -0.25) is 0 Å². The van der Waals surface area contributed by atoms with Gasteiger partial charge in [0.1, 0.15) is 5.82 Å². The second-order valence-corrected chi connectivity index (χ2v) is 6.64. The van der Waals surface area contributed by atoms with E-state index in [-0.39, 0.29) is 6.04 Å². The lowest BCUT2D eigenvalue weighted by molar-refractivity contribution is 0.564. The minimum atomic E-state index is 0.0313. The molecular formula is C17H16Cl2N4S. The number of nitrogens with zero attached hydrogens (tertiary/aromatic N) is 3. The maximum atomic E-state index is 6.20.